The second-order valence-corrected chi connectivity index (χ2v) is 7.49. The molecule has 0 saturated carbocycles. The Bertz CT molecular complexity index is 665. The molecule has 1 aromatic carbocycles. The van der Waals surface area contributed by atoms with Crippen LogP contribution in [0.2, 0.25) is 5.02 Å². The first-order valence-corrected chi connectivity index (χ1v) is 9.17. The van der Waals surface area contributed by atoms with Gasteiger partial charge in [0.15, 0.2) is 0 Å². The fourth-order valence-corrected chi connectivity index (χ4v) is 3.04. The summed E-state index contributed by atoms with van der Waals surface area (Å²) >= 11 is 5.86. The van der Waals surface area contributed by atoms with E-state index in [2.05, 4.69) is 5.32 Å². The molecule has 1 aromatic rings. The fourth-order valence-electron chi connectivity index (χ4n) is 2.91. The smallest absolute Gasteiger partial charge is 0.237 e. The minimum atomic E-state index is -1.14. The number of hydrogen-bond acceptors (Lipinski definition) is 3. The van der Waals surface area contributed by atoms with Crippen molar-refractivity contribution in [3.8, 4) is 0 Å². The molecule has 26 heavy (non-hydrogen) atoms. The van der Waals surface area contributed by atoms with Gasteiger partial charge < -0.3 is 15.1 Å². The summed E-state index contributed by atoms with van der Waals surface area (Å²) in [6.45, 7) is 7.20. The molecule has 1 aliphatic rings. The number of halogens is 1. The number of piperazine rings is 1. The monoisotopic (exact) mass is 379 g/mol. The van der Waals surface area contributed by atoms with Gasteiger partial charge in [-0.1, -0.05) is 23.7 Å². The van der Waals surface area contributed by atoms with E-state index < -0.39 is 5.41 Å². The lowest BCUT2D eigenvalue weighted by Gasteiger charge is -2.37. The molecule has 0 aliphatic carbocycles. The zero-order valence-corrected chi connectivity index (χ0v) is 16.3. The van der Waals surface area contributed by atoms with Gasteiger partial charge >= 0.3 is 0 Å². The predicted octanol–water partition coefficient (Wildman–Crippen LogP) is 1.72. The third-order valence-electron chi connectivity index (χ3n) is 4.73. The molecule has 0 aromatic heterocycles. The Morgan fingerprint density at radius 3 is 2.12 bits per heavy atom. The number of carbonyl (C=O) groups is 3. The zero-order valence-electron chi connectivity index (χ0n) is 15.5. The average molecular weight is 380 g/mol. The first-order chi connectivity index (χ1) is 12.2. The van der Waals surface area contributed by atoms with Crippen LogP contribution in [0, 0.1) is 5.41 Å². The summed E-state index contributed by atoms with van der Waals surface area (Å²) in [6.07, 6.45) is 0.671. The van der Waals surface area contributed by atoms with Crippen LogP contribution in [0.25, 0.3) is 0 Å². The van der Waals surface area contributed by atoms with Gasteiger partial charge in [-0.05, 0) is 38.0 Å². The van der Waals surface area contributed by atoms with Crippen LogP contribution in [0.3, 0.4) is 0 Å². The van der Waals surface area contributed by atoms with Crippen molar-refractivity contribution in [1.29, 1.82) is 0 Å². The third kappa shape index (κ3) is 4.97. The van der Waals surface area contributed by atoms with Crippen molar-refractivity contribution in [2.24, 2.45) is 5.41 Å². The van der Waals surface area contributed by atoms with E-state index in [0.29, 0.717) is 44.2 Å². The zero-order chi connectivity index (χ0) is 19.3. The van der Waals surface area contributed by atoms with E-state index in [4.69, 9.17) is 11.6 Å². The van der Waals surface area contributed by atoms with E-state index in [1.807, 2.05) is 24.3 Å². The Hall–Kier alpha value is -2.08. The predicted molar refractivity (Wildman–Crippen MR) is 101 cm³/mol. The van der Waals surface area contributed by atoms with Gasteiger partial charge in [-0.15, -0.1) is 0 Å². The average Bonchev–Trinajstić information content (AvgIpc) is 2.62. The van der Waals surface area contributed by atoms with E-state index in [-0.39, 0.29) is 17.7 Å². The van der Waals surface area contributed by atoms with Gasteiger partial charge in [0.2, 0.25) is 17.7 Å². The molecule has 0 unspecified atom stereocenters. The van der Waals surface area contributed by atoms with Gasteiger partial charge in [-0.3, -0.25) is 14.4 Å². The van der Waals surface area contributed by atoms with E-state index in [1.54, 1.807) is 23.6 Å². The van der Waals surface area contributed by atoms with Crippen LogP contribution in [0.1, 0.15) is 26.3 Å². The second-order valence-electron chi connectivity index (χ2n) is 7.06. The lowest BCUT2D eigenvalue weighted by molar-refractivity contribution is -0.151. The molecule has 1 aliphatic heterocycles. The lowest BCUT2D eigenvalue weighted by atomic mass is 9.90. The highest BCUT2D eigenvalue weighted by atomic mass is 35.5. The topological polar surface area (TPSA) is 69.7 Å². The van der Waals surface area contributed by atoms with Crippen LogP contribution in [-0.2, 0) is 20.8 Å². The van der Waals surface area contributed by atoms with E-state index in [0.717, 1.165) is 5.56 Å². The second kappa shape index (κ2) is 8.54. The normalized spacial score (nSPS) is 14.9. The number of rotatable bonds is 5. The molecule has 0 bridgehead atoms. The molecule has 2 rings (SSSR count). The van der Waals surface area contributed by atoms with Crippen LogP contribution in [-0.4, -0.2) is 60.2 Å². The quantitative estimate of drug-likeness (QED) is 0.792. The Morgan fingerprint density at radius 2 is 1.58 bits per heavy atom. The fraction of sp³-hybridized carbons (Fsp3) is 0.526. The van der Waals surface area contributed by atoms with Gasteiger partial charge in [0.05, 0.1) is 0 Å². The summed E-state index contributed by atoms with van der Waals surface area (Å²) in [5.41, 5.74) is -0.0718. The summed E-state index contributed by atoms with van der Waals surface area (Å²) in [7, 11) is 0. The van der Waals surface area contributed by atoms with Crippen LogP contribution < -0.4 is 5.32 Å². The molecule has 142 valence electrons. The van der Waals surface area contributed by atoms with Gasteiger partial charge in [-0.25, -0.2) is 0 Å². The number of benzene rings is 1. The molecular formula is C19H26ClN3O3. The lowest BCUT2D eigenvalue weighted by Crippen LogP contribution is -2.56. The van der Waals surface area contributed by atoms with Crippen molar-refractivity contribution in [1.82, 2.24) is 15.1 Å². The van der Waals surface area contributed by atoms with Crippen LogP contribution in [0.15, 0.2) is 24.3 Å². The highest BCUT2D eigenvalue weighted by molar-refractivity contribution is 6.30. The first-order valence-electron chi connectivity index (χ1n) is 8.79. The van der Waals surface area contributed by atoms with Crippen molar-refractivity contribution >= 4 is 29.3 Å². The van der Waals surface area contributed by atoms with E-state index in [9.17, 15) is 14.4 Å². The van der Waals surface area contributed by atoms with Crippen molar-refractivity contribution in [2.45, 2.75) is 27.2 Å². The molecule has 6 nitrogen and oxygen atoms in total. The summed E-state index contributed by atoms with van der Waals surface area (Å²) in [5.74, 6) is -0.480. The molecule has 0 radical (unpaired) electrons. The van der Waals surface area contributed by atoms with Crippen molar-refractivity contribution in [2.75, 3.05) is 32.7 Å². The van der Waals surface area contributed by atoms with Crippen LogP contribution in [0.4, 0.5) is 0 Å². The summed E-state index contributed by atoms with van der Waals surface area (Å²) in [5, 5.41) is 3.52. The Balaban J connectivity index is 1.85. The third-order valence-corrected chi connectivity index (χ3v) is 4.98. The maximum absolute atomic E-state index is 12.8. The maximum Gasteiger partial charge on any atom is 0.237 e. The van der Waals surface area contributed by atoms with Gasteiger partial charge in [0.1, 0.15) is 5.41 Å². The highest BCUT2D eigenvalue weighted by Gasteiger charge is 2.39. The molecule has 7 heteroatoms. The van der Waals surface area contributed by atoms with Crippen LogP contribution in [0.5, 0.6) is 0 Å². The maximum atomic E-state index is 12.8. The molecule has 1 N–H and O–H groups in total. The minimum Gasteiger partial charge on any atom is -0.355 e. The first kappa shape index (κ1) is 20.2. The molecule has 3 amide bonds. The van der Waals surface area contributed by atoms with Gasteiger partial charge in [0, 0.05) is 44.7 Å². The number of amides is 3. The number of nitrogens with one attached hydrogen (secondary N) is 1. The molecule has 1 fully saturated rings. The molecule has 1 saturated heterocycles. The summed E-state index contributed by atoms with van der Waals surface area (Å²) < 4.78 is 0. The number of nitrogens with zero attached hydrogens (tertiary/aromatic N) is 2. The number of hydrogen-bond donors (Lipinski definition) is 1. The van der Waals surface area contributed by atoms with E-state index in [1.165, 1.54) is 6.92 Å². The van der Waals surface area contributed by atoms with E-state index >= 15 is 0 Å². The van der Waals surface area contributed by atoms with Gasteiger partial charge in [0.25, 0.3) is 0 Å². The van der Waals surface area contributed by atoms with Crippen LogP contribution >= 0.6 is 11.6 Å². The molecule has 1 heterocycles. The van der Waals surface area contributed by atoms with Gasteiger partial charge in [-0.2, -0.15) is 0 Å². The van der Waals surface area contributed by atoms with Crippen molar-refractivity contribution in [3.05, 3.63) is 34.9 Å². The summed E-state index contributed by atoms with van der Waals surface area (Å²) in [4.78, 5) is 40.0. The van der Waals surface area contributed by atoms with Crippen molar-refractivity contribution in [3.63, 3.8) is 0 Å². The minimum absolute atomic E-state index is 0.0105. The Kier molecular flexibility index (Phi) is 6.64. The SMILES string of the molecule is CC(=O)N1CCN(C(=O)C(C)(C)C(=O)NCCc2ccc(Cl)cc2)CC1. The number of carbonyl (C=O) groups excluding carboxylic acids is 3. The van der Waals surface area contributed by atoms with Crippen molar-refractivity contribution < 1.29 is 14.4 Å². The Morgan fingerprint density at radius 1 is 1.04 bits per heavy atom. The highest BCUT2D eigenvalue weighted by Crippen LogP contribution is 2.20. The molecular weight excluding hydrogens is 354 g/mol. The molecule has 0 spiro atoms. The molecule has 0 atom stereocenters. The Labute approximate surface area is 159 Å². The summed E-state index contributed by atoms with van der Waals surface area (Å²) in [6, 6.07) is 7.46. The largest absolute Gasteiger partial charge is 0.355 e. The standard InChI is InChI=1S/C19H26ClN3O3/c1-14(24)22-10-12-23(13-11-22)18(26)19(2,3)17(25)21-9-8-15-4-6-16(20)7-5-15/h4-7H,8-13H2,1-3H3,(H,21,25).